The summed E-state index contributed by atoms with van der Waals surface area (Å²) in [7, 11) is 0. The van der Waals surface area contributed by atoms with Crippen LogP contribution >= 0.6 is 23.2 Å². The van der Waals surface area contributed by atoms with Gasteiger partial charge in [0.2, 0.25) is 0 Å². The largest absolute Gasteiger partial charge is 0.346 e. The molecule has 2 heterocycles. The number of aromatic nitrogens is 4. The lowest BCUT2D eigenvalue weighted by molar-refractivity contribution is 0.0944. The number of amides is 1. The second-order valence-electron chi connectivity index (χ2n) is 5.94. The number of hydrogen-bond donors (Lipinski definition) is 1. The van der Waals surface area contributed by atoms with Gasteiger partial charge in [-0.15, -0.1) is 10.2 Å². The minimum absolute atomic E-state index is 0.0322. The van der Waals surface area contributed by atoms with E-state index in [4.69, 9.17) is 23.2 Å². The van der Waals surface area contributed by atoms with Crippen molar-refractivity contribution in [2.24, 2.45) is 0 Å². The normalized spacial score (nSPS) is 11.0. The average molecular weight is 416 g/mol. The lowest BCUT2D eigenvalue weighted by Crippen LogP contribution is -2.25. The van der Waals surface area contributed by atoms with Gasteiger partial charge in [0.15, 0.2) is 5.65 Å². The molecule has 0 saturated heterocycles. The van der Waals surface area contributed by atoms with Crippen LogP contribution in [0.3, 0.4) is 0 Å². The van der Waals surface area contributed by atoms with Crippen molar-refractivity contribution in [2.45, 2.75) is 6.54 Å². The van der Waals surface area contributed by atoms with E-state index in [2.05, 4.69) is 20.6 Å². The molecule has 1 amide bonds. The van der Waals surface area contributed by atoms with E-state index in [-0.39, 0.29) is 12.2 Å². The van der Waals surface area contributed by atoms with Crippen molar-refractivity contribution in [1.29, 1.82) is 0 Å². The number of carbonyl (C=O) groups excluding carboxylic acids is 1. The number of hydrogen-bond acceptors (Lipinski definition) is 4. The smallest absolute Gasteiger partial charge is 0.272 e. The Morgan fingerprint density at radius 2 is 1.93 bits per heavy atom. The second-order valence-corrected chi connectivity index (χ2v) is 6.78. The third-order valence-corrected chi connectivity index (χ3v) is 4.67. The van der Waals surface area contributed by atoms with Crippen LogP contribution in [0.15, 0.2) is 54.9 Å². The first-order valence-corrected chi connectivity index (χ1v) is 8.96. The first-order chi connectivity index (χ1) is 13.5. The van der Waals surface area contributed by atoms with Crippen LogP contribution in [0, 0.1) is 5.82 Å². The van der Waals surface area contributed by atoms with Gasteiger partial charge in [-0.3, -0.25) is 4.79 Å². The Bertz CT molecular complexity index is 1190. The van der Waals surface area contributed by atoms with Gasteiger partial charge >= 0.3 is 0 Å². The Labute approximate surface area is 168 Å². The fourth-order valence-electron chi connectivity index (χ4n) is 2.75. The summed E-state index contributed by atoms with van der Waals surface area (Å²) >= 11 is 12.3. The zero-order valence-corrected chi connectivity index (χ0v) is 15.7. The number of rotatable bonds is 4. The maximum Gasteiger partial charge on any atom is 0.272 e. The molecule has 140 valence electrons. The lowest BCUT2D eigenvalue weighted by atomic mass is 10.1. The minimum atomic E-state index is -0.467. The molecule has 0 bridgehead atoms. The van der Waals surface area contributed by atoms with E-state index in [0.717, 1.165) is 0 Å². The molecule has 2 aromatic heterocycles. The van der Waals surface area contributed by atoms with Crippen molar-refractivity contribution in [3.8, 4) is 11.1 Å². The predicted octanol–water partition coefficient (Wildman–Crippen LogP) is 4.17. The summed E-state index contributed by atoms with van der Waals surface area (Å²) in [6.07, 6.45) is 1.39. The molecule has 0 aliphatic carbocycles. The van der Waals surface area contributed by atoms with Gasteiger partial charge in [0.1, 0.15) is 17.8 Å². The Morgan fingerprint density at radius 3 is 2.71 bits per heavy atom. The standard InChI is InChI=1S/C19H12Cl2FN5O/c20-12-5-6-13(15(21)7-12)14-8-17(26-27-10-24-25-18(14)27)19(28)23-9-11-3-1-2-4-16(11)22/h1-8,10H,9H2,(H,23,28). The molecule has 0 atom stereocenters. The highest BCUT2D eigenvalue weighted by atomic mass is 35.5. The van der Waals surface area contributed by atoms with Crippen LogP contribution in [-0.2, 0) is 6.54 Å². The van der Waals surface area contributed by atoms with Crippen molar-refractivity contribution in [1.82, 2.24) is 25.1 Å². The Hall–Kier alpha value is -3.03. The molecule has 28 heavy (non-hydrogen) atoms. The molecule has 4 rings (SSSR count). The fourth-order valence-corrected chi connectivity index (χ4v) is 3.26. The molecule has 6 nitrogen and oxygen atoms in total. The van der Waals surface area contributed by atoms with Gasteiger partial charge in [0, 0.05) is 28.3 Å². The third kappa shape index (κ3) is 3.54. The highest BCUT2D eigenvalue weighted by molar-refractivity contribution is 6.36. The van der Waals surface area contributed by atoms with Gasteiger partial charge < -0.3 is 5.32 Å². The number of benzene rings is 2. The molecule has 2 aromatic carbocycles. The van der Waals surface area contributed by atoms with Gasteiger partial charge in [0.25, 0.3) is 5.91 Å². The summed E-state index contributed by atoms with van der Waals surface area (Å²) in [6, 6.07) is 12.8. The van der Waals surface area contributed by atoms with Gasteiger partial charge in [0.05, 0.1) is 5.02 Å². The maximum absolute atomic E-state index is 13.8. The lowest BCUT2D eigenvalue weighted by Gasteiger charge is -2.10. The van der Waals surface area contributed by atoms with E-state index >= 15 is 0 Å². The van der Waals surface area contributed by atoms with Crippen LogP contribution in [0.5, 0.6) is 0 Å². The number of carbonyl (C=O) groups is 1. The van der Waals surface area contributed by atoms with Gasteiger partial charge in [-0.25, -0.2) is 4.39 Å². The van der Waals surface area contributed by atoms with Crippen molar-refractivity contribution >= 4 is 34.8 Å². The molecule has 0 aliphatic heterocycles. The minimum Gasteiger partial charge on any atom is -0.346 e. The molecule has 1 N–H and O–H groups in total. The SMILES string of the molecule is O=C(NCc1ccccc1F)c1cc(-c2ccc(Cl)cc2Cl)c2nncn2n1. The number of nitrogens with zero attached hydrogens (tertiary/aromatic N) is 4. The fraction of sp³-hybridized carbons (Fsp3) is 0.0526. The van der Waals surface area contributed by atoms with Crippen molar-refractivity contribution in [3.63, 3.8) is 0 Å². The van der Waals surface area contributed by atoms with Gasteiger partial charge in [-0.2, -0.15) is 9.61 Å². The van der Waals surface area contributed by atoms with Crippen LogP contribution < -0.4 is 5.32 Å². The molecule has 0 aliphatic rings. The van der Waals surface area contributed by atoms with E-state index in [1.54, 1.807) is 42.5 Å². The monoisotopic (exact) mass is 415 g/mol. The van der Waals surface area contributed by atoms with Crippen LogP contribution in [0.25, 0.3) is 16.8 Å². The number of nitrogens with one attached hydrogen (secondary N) is 1. The van der Waals surface area contributed by atoms with Crippen LogP contribution in [0.4, 0.5) is 4.39 Å². The zero-order chi connectivity index (χ0) is 19.7. The summed E-state index contributed by atoms with van der Waals surface area (Å²) in [5.74, 6) is -0.858. The number of fused-ring (bicyclic) bond motifs is 1. The molecule has 9 heteroatoms. The molecule has 4 aromatic rings. The summed E-state index contributed by atoms with van der Waals surface area (Å²) in [5.41, 5.74) is 2.14. The molecule has 0 fully saturated rings. The van der Waals surface area contributed by atoms with E-state index in [9.17, 15) is 9.18 Å². The first kappa shape index (κ1) is 18.3. The van der Waals surface area contributed by atoms with Gasteiger partial charge in [-0.05, 0) is 24.3 Å². The van der Waals surface area contributed by atoms with E-state index in [1.807, 2.05) is 0 Å². The Kier molecular flexibility index (Phi) is 4.93. The molecular weight excluding hydrogens is 404 g/mol. The predicted molar refractivity (Wildman–Crippen MR) is 104 cm³/mol. The van der Waals surface area contributed by atoms with Crippen molar-refractivity contribution < 1.29 is 9.18 Å². The number of halogens is 3. The molecule has 0 spiro atoms. The highest BCUT2D eigenvalue weighted by Gasteiger charge is 2.17. The van der Waals surface area contributed by atoms with E-state index in [1.165, 1.54) is 16.9 Å². The topological polar surface area (TPSA) is 72.2 Å². The molecule has 0 saturated carbocycles. The first-order valence-electron chi connectivity index (χ1n) is 8.21. The summed E-state index contributed by atoms with van der Waals surface area (Å²) in [6.45, 7) is 0.0322. The van der Waals surface area contributed by atoms with Crippen molar-refractivity contribution in [2.75, 3.05) is 0 Å². The van der Waals surface area contributed by atoms with E-state index in [0.29, 0.717) is 32.4 Å². The van der Waals surface area contributed by atoms with Crippen LogP contribution in [0.1, 0.15) is 16.1 Å². The quantitative estimate of drug-likeness (QED) is 0.542. The van der Waals surface area contributed by atoms with E-state index < -0.39 is 11.7 Å². The third-order valence-electron chi connectivity index (χ3n) is 4.12. The Morgan fingerprint density at radius 1 is 1.11 bits per heavy atom. The van der Waals surface area contributed by atoms with Crippen LogP contribution in [-0.4, -0.2) is 25.7 Å². The molecule has 0 radical (unpaired) electrons. The zero-order valence-electron chi connectivity index (χ0n) is 14.2. The Balaban J connectivity index is 1.70. The summed E-state index contributed by atoms with van der Waals surface area (Å²) in [5, 5.41) is 15.7. The summed E-state index contributed by atoms with van der Waals surface area (Å²) < 4.78 is 15.1. The molecule has 0 unspecified atom stereocenters. The second kappa shape index (κ2) is 7.53. The highest BCUT2D eigenvalue weighted by Crippen LogP contribution is 2.32. The summed E-state index contributed by atoms with van der Waals surface area (Å²) in [4.78, 5) is 12.6. The van der Waals surface area contributed by atoms with Gasteiger partial charge in [-0.1, -0.05) is 47.5 Å². The molecular formula is C19H12Cl2FN5O. The van der Waals surface area contributed by atoms with Crippen LogP contribution in [0.2, 0.25) is 10.0 Å². The van der Waals surface area contributed by atoms with Crippen molar-refractivity contribution in [3.05, 3.63) is 82.0 Å². The maximum atomic E-state index is 13.8. The average Bonchev–Trinajstić information content (AvgIpc) is 3.15.